The van der Waals surface area contributed by atoms with E-state index < -0.39 is 0 Å². The van der Waals surface area contributed by atoms with Gasteiger partial charge in [0, 0.05) is 19.7 Å². The summed E-state index contributed by atoms with van der Waals surface area (Å²) in [4.78, 5) is 11.5. The zero-order chi connectivity index (χ0) is 12.1. The van der Waals surface area contributed by atoms with Crippen molar-refractivity contribution >= 4 is 17.3 Å². The lowest BCUT2D eigenvalue weighted by atomic mass is 10.1. The van der Waals surface area contributed by atoms with Gasteiger partial charge in [0.1, 0.15) is 5.02 Å². The number of anilines is 1. The van der Waals surface area contributed by atoms with E-state index in [9.17, 15) is 4.79 Å². The Hall–Kier alpha value is -1.07. The van der Waals surface area contributed by atoms with Gasteiger partial charge in [-0.15, -0.1) is 0 Å². The topological polar surface area (TPSA) is 67.2 Å². The Kier molecular flexibility index (Phi) is 4.76. The predicted octanol–water partition coefficient (Wildman–Crippen LogP) is 1.01. The number of rotatable bonds is 5. The van der Waals surface area contributed by atoms with Crippen molar-refractivity contribution in [1.29, 1.82) is 0 Å². The van der Waals surface area contributed by atoms with Crippen LogP contribution in [0.4, 0.5) is 5.69 Å². The van der Waals surface area contributed by atoms with Crippen molar-refractivity contribution < 1.29 is 5.11 Å². The third kappa shape index (κ3) is 2.96. The van der Waals surface area contributed by atoms with Crippen LogP contribution in [0.25, 0.3) is 0 Å². The molecule has 1 aromatic heterocycles. The van der Waals surface area contributed by atoms with Crippen molar-refractivity contribution in [3.05, 3.63) is 21.6 Å². The molecule has 0 aliphatic carbocycles. The van der Waals surface area contributed by atoms with Gasteiger partial charge in [-0.2, -0.15) is 5.10 Å². The van der Waals surface area contributed by atoms with Crippen molar-refractivity contribution in [1.82, 2.24) is 9.78 Å². The Labute approximate surface area is 99.0 Å². The van der Waals surface area contributed by atoms with Gasteiger partial charge < -0.3 is 10.4 Å². The number of aliphatic hydroxyl groups excluding tert-OH is 1. The Morgan fingerprint density at radius 2 is 2.38 bits per heavy atom. The van der Waals surface area contributed by atoms with E-state index in [0.717, 1.165) is 6.42 Å². The maximum Gasteiger partial charge on any atom is 0.287 e. The maximum absolute atomic E-state index is 11.5. The molecule has 0 aliphatic rings. The number of halogens is 1. The monoisotopic (exact) mass is 245 g/mol. The highest BCUT2D eigenvalue weighted by molar-refractivity contribution is 6.32. The molecule has 6 heteroatoms. The lowest BCUT2D eigenvalue weighted by Crippen LogP contribution is -2.25. The van der Waals surface area contributed by atoms with Crippen molar-refractivity contribution in [2.75, 3.05) is 11.9 Å². The fourth-order valence-corrected chi connectivity index (χ4v) is 1.59. The van der Waals surface area contributed by atoms with Gasteiger partial charge in [-0.05, 0) is 12.8 Å². The highest BCUT2D eigenvalue weighted by Crippen LogP contribution is 2.17. The molecule has 1 atom stereocenters. The number of nitrogens with zero attached hydrogens (tertiary/aromatic N) is 2. The third-order valence-corrected chi connectivity index (χ3v) is 2.77. The fraction of sp³-hybridized carbons (Fsp3) is 0.600. The summed E-state index contributed by atoms with van der Waals surface area (Å²) in [6, 6.07) is 0.0939. The van der Waals surface area contributed by atoms with Gasteiger partial charge in [0.15, 0.2) is 0 Å². The molecule has 5 nitrogen and oxygen atoms in total. The van der Waals surface area contributed by atoms with Crippen LogP contribution in [-0.2, 0) is 7.05 Å². The van der Waals surface area contributed by atoms with Gasteiger partial charge in [0.2, 0.25) is 0 Å². The molecule has 0 spiro atoms. The molecule has 0 radical (unpaired) electrons. The van der Waals surface area contributed by atoms with E-state index in [1.807, 2.05) is 6.92 Å². The first kappa shape index (κ1) is 13.0. The summed E-state index contributed by atoms with van der Waals surface area (Å²) in [6.07, 6.45) is 2.97. The van der Waals surface area contributed by atoms with Gasteiger partial charge in [0.05, 0.1) is 11.9 Å². The normalized spacial score (nSPS) is 12.5. The lowest BCUT2D eigenvalue weighted by molar-refractivity contribution is 0.278. The lowest BCUT2D eigenvalue weighted by Gasteiger charge is -2.17. The first-order valence-corrected chi connectivity index (χ1v) is 5.57. The molecule has 1 aromatic rings. The summed E-state index contributed by atoms with van der Waals surface area (Å²) in [7, 11) is 1.54. The molecular formula is C10H16ClN3O2. The molecule has 0 fully saturated rings. The highest BCUT2D eigenvalue weighted by atomic mass is 35.5. The largest absolute Gasteiger partial charge is 0.396 e. The molecule has 0 aliphatic heterocycles. The first-order chi connectivity index (χ1) is 7.60. The molecule has 0 amide bonds. The summed E-state index contributed by atoms with van der Waals surface area (Å²) in [6.45, 7) is 2.09. The average Bonchev–Trinajstić information content (AvgIpc) is 2.29. The molecule has 1 heterocycles. The average molecular weight is 246 g/mol. The number of aromatic nitrogens is 2. The van der Waals surface area contributed by atoms with Crippen LogP contribution in [-0.4, -0.2) is 27.5 Å². The number of nitrogens with one attached hydrogen (secondary N) is 1. The molecule has 0 saturated carbocycles. The van der Waals surface area contributed by atoms with E-state index in [4.69, 9.17) is 16.7 Å². The molecular weight excluding hydrogens is 230 g/mol. The quantitative estimate of drug-likeness (QED) is 0.813. The summed E-state index contributed by atoms with van der Waals surface area (Å²) in [5.74, 6) is 0. The number of hydrogen-bond acceptors (Lipinski definition) is 4. The van der Waals surface area contributed by atoms with Crippen molar-refractivity contribution in [2.24, 2.45) is 7.05 Å². The van der Waals surface area contributed by atoms with Crippen LogP contribution in [0.3, 0.4) is 0 Å². The summed E-state index contributed by atoms with van der Waals surface area (Å²) >= 11 is 5.90. The van der Waals surface area contributed by atoms with Gasteiger partial charge in [0.25, 0.3) is 5.56 Å². The van der Waals surface area contributed by atoms with E-state index in [0.29, 0.717) is 12.1 Å². The van der Waals surface area contributed by atoms with Crippen LogP contribution in [0.5, 0.6) is 0 Å². The van der Waals surface area contributed by atoms with Crippen molar-refractivity contribution in [3.63, 3.8) is 0 Å². The number of hydrogen-bond donors (Lipinski definition) is 2. The van der Waals surface area contributed by atoms with E-state index >= 15 is 0 Å². The van der Waals surface area contributed by atoms with Gasteiger partial charge in [-0.1, -0.05) is 18.5 Å². The minimum absolute atomic E-state index is 0.0939. The summed E-state index contributed by atoms with van der Waals surface area (Å²) < 4.78 is 1.18. The van der Waals surface area contributed by atoms with E-state index in [1.54, 1.807) is 7.05 Å². The molecule has 90 valence electrons. The molecule has 0 aromatic carbocycles. The van der Waals surface area contributed by atoms with Crippen LogP contribution in [0.15, 0.2) is 11.0 Å². The second kappa shape index (κ2) is 5.86. The minimum atomic E-state index is -0.328. The van der Waals surface area contributed by atoms with Crippen LogP contribution >= 0.6 is 11.6 Å². The van der Waals surface area contributed by atoms with Crippen LogP contribution in [0.2, 0.25) is 5.02 Å². The minimum Gasteiger partial charge on any atom is -0.396 e. The van der Waals surface area contributed by atoms with Crippen LogP contribution < -0.4 is 10.9 Å². The van der Waals surface area contributed by atoms with Crippen molar-refractivity contribution in [3.8, 4) is 0 Å². The summed E-state index contributed by atoms with van der Waals surface area (Å²) in [5.41, 5.74) is 0.190. The Morgan fingerprint density at radius 1 is 1.69 bits per heavy atom. The van der Waals surface area contributed by atoms with E-state index in [2.05, 4.69) is 10.4 Å². The molecule has 1 unspecified atom stereocenters. The standard InChI is InChI=1S/C10H16ClN3O2/c1-3-7(4-5-15)13-8-6-12-14(2)10(16)9(8)11/h6-7,13,15H,3-5H2,1-2H3. The van der Waals surface area contributed by atoms with Crippen LogP contribution in [0, 0.1) is 0 Å². The zero-order valence-corrected chi connectivity index (χ0v) is 10.2. The molecule has 16 heavy (non-hydrogen) atoms. The van der Waals surface area contributed by atoms with E-state index in [1.165, 1.54) is 10.9 Å². The fourth-order valence-electron chi connectivity index (χ4n) is 1.37. The molecule has 1 rings (SSSR count). The maximum atomic E-state index is 11.5. The van der Waals surface area contributed by atoms with Gasteiger partial charge >= 0.3 is 0 Å². The number of aryl methyl sites for hydroxylation is 1. The third-order valence-electron chi connectivity index (χ3n) is 2.41. The smallest absolute Gasteiger partial charge is 0.287 e. The number of aliphatic hydroxyl groups is 1. The Balaban J connectivity index is 2.89. The first-order valence-electron chi connectivity index (χ1n) is 5.19. The second-order valence-electron chi connectivity index (χ2n) is 3.56. The SMILES string of the molecule is CCC(CCO)Nc1cnn(C)c(=O)c1Cl. The van der Waals surface area contributed by atoms with E-state index in [-0.39, 0.29) is 23.2 Å². The van der Waals surface area contributed by atoms with Gasteiger partial charge in [-0.25, -0.2) is 4.68 Å². The Morgan fingerprint density at radius 3 is 2.94 bits per heavy atom. The zero-order valence-electron chi connectivity index (χ0n) is 9.40. The molecule has 0 saturated heterocycles. The molecule has 2 N–H and O–H groups in total. The van der Waals surface area contributed by atoms with Gasteiger partial charge in [-0.3, -0.25) is 4.79 Å². The predicted molar refractivity (Wildman–Crippen MR) is 63.9 cm³/mol. The second-order valence-corrected chi connectivity index (χ2v) is 3.94. The van der Waals surface area contributed by atoms with Crippen molar-refractivity contribution in [2.45, 2.75) is 25.8 Å². The summed E-state index contributed by atoms with van der Waals surface area (Å²) in [5, 5.41) is 16.0. The molecule has 0 bridgehead atoms. The highest BCUT2D eigenvalue weighted by Gasteiger charge is 2.11. The van der Waals surface area contributed by atoms with Crippen LogP contribution in [0.1, 0.15) is 19.8 Å². The Bertz CT molecular complexity index is 406.